The molecule has 1 heterocycles. The third kappa shape index (κ3) is 6.95. The van der Waals surface area contributed by atoms with Gasteiger partial charge in [-0.2, -0.15) is 0 Å². The van der Waals surface area contributed by atoms with E-state index in [4.69, 9.17) is 11.6 Å². The van der Waals surface area contributed by atoms with E-state index in [0.29, 0.717) is 35.8 Å². The maximum atomic E-state index is 14.0. The number of sulfone groups is 1. The number of rotatable bonds is 9. The maximum absolute atomic E-state index is 14.0. The molecule has 0 radical (unpaired) electrons. The van der Waals surface area contributed by atoms with Crippen molar-refractivity contribution in [2.24, 2.45) is 0 Å². The molecule has 4 rings (SSSR count). The summed E-state index contributed by atoms with van der Waals surface area (Å²) in [7, 11) is -3.73. The predicted octanol–water partition coefficient (Wildman–Crippen LogP) is 7.10. The van der Waals surface area contributed by atoms with Crippen molar-refractivity contribution < 1.29 is 17.2 Å². The lowest BCUT2D eigenvalue weighted by Gasteiger charge is -2.42. The van der Waals surface area contributed by atoms with Crippen LogP contribution in [0.1, 0.15) is 56.0 Å². The van der Waals surface area contributed by atoms with Crippen LogP contribution in [0, 0.1) is 11.6 Å². The molecule has 0 unspecified atom stereocenters. The summed E-state index contributed by atoms with van der Waals surface area (Å²) in [6, 6.07) is 19.7. The first-order valence-corrected chi connectivity index (χ1v) is 15.3. The zero-order valence-electron chi connectivity index (χ0n) is 23.0. The second-order valence-electron chi connectivity index (χ2n) is 10.8. The number of likely N-dealkylation sites (tertiary alicyclic amines) is 1. The van der Waals surface area contributed by atoms with Crippen LogP contribution in [0.5, 0.6) is 0 Å². The van der Waals surface area contributed by atoms with Crippen LogP contribution in [-0.2, 0) is 16.4 Å². The van der Waals surface area contributed by atoms with Crippen molar-refractivity contribution in [3.63, 3.8) is 0 Å². The van der Waals surface area contributed by atoms with Gasteiger partial charge in [0.2, 0.25) is 0 Å². The van der Waals surface area contributed by atoms with Crippen molar-refractivity contribution in [3.05, 3.63) is 111 Å². The molecule has 0 amide bonds. The summed E-state index contributed by atoms with van der Waals surface area (Å²) in [4.78, 5) is 4.58. The fourth-order valence-corrected chi connectivity index (χ4v) is 6.70. The van der Waals surface area contributed by atoms with E-state index in [1.165, 1.54) is 5.56 Å². The van der Waals surface area contributed by atoms with Crippen LogP contribution in [-0.4, -0.2) is 49.6 Å². The van der Waals surface area contributed by atoms with E-state index in [1.54, 1.807) is 0 Å². The summed E-state index contributed by atoms with van der Waals surface area (Å²) in [6.07, 6.45) is 1.08. The molecule has 1 fully saturated rings. The molecule has 3 aromatic carbocycles. The molecule has 208 valence electrons. The predicted molar refractivity (Wildman–Crippen MR) is 155 cm³/mol. The minimum Gasteiger partial charge on any atom is -0.294 e. The summed E-state index contributed by atoms with van der Waals surface area (Å²) in [5.74, 6) is -1.62. The van der Waals surface area contributed by atoms with Gasteiger partial charge in [0.25, 0.3) is 0 Å². The Morgan fingerprint density at radius 1 is 0.872 bits per heavy atom. The van der Waals surface area contributed by atoms with Crippen LogP contribution >= 0.6 is 11.6 Å². The van der Waals surface area contributed by atoms with Crippen LogP contribution < -0.4 is 0 Å². The zero-order chi connectivity index (χ0) is 28.5. The minimum atomic E-state index is -3.73. The Bertz CT molecular complexity index is 1420. The van der Waals surface area contributed by atoms with E-state index in [1.807, 2.05) is 24.3 Å². The Hall–Kier alpha value is -2.58. The third-order valence-electron chi connectivity index (χ3n) is 7.14. The van der Waals surface area contributed by atoms with Gasteiger partial charge >= 0.3 is 0 Å². The summed E-state index contributed by atoms with van der Waals surface area (Å²) < 4.78 is 53.4. The van der Waals surface area contributed by atoms with Crippen molar-refractivity contribution in [1.82, 2.24) is 9.80 Å². The highest BCUT2D eigenvalue weighted by atomic mass is 35.5. The van der Waals surface area contributed by atoms with Crippen molar-refractivity contribution >= 4 is 26.3 Å². The van der Waals surface area contributed by atoms with E-state index < -0.39 is 21.5 Å². The monoisotopic (exact) mass is 572 g/mol. The van der Waals surface area contributed by atoms with Gasteiger partial charge in [0, 0.05) is 49.1 Å². The summed E-state index contributed by atoms with van der Waals surface area (Å²) in [6.45, 7) is 10.3. The molecule has 39 heavy (non-hydrogen) atoms. The molecule has 0 aliphatic carbocycles. The molecule has 1 aliphatic rings. The number of halogens is 3. The molecule has 0 saturated carbocycles. The zero-order valence-corrected chi connectivity index (χ0v) is 24.5. The fraction of sp³-hybridized carbons (Fsp3) is 0.355. The van der Waals surface area contributed by atoms with Crippen LogP contribution in [0.15, 0.2) is 72.3 Å². The largest absolute Gasteiger partial charge is 0.294 e. The number of nitrogens with zero attached hydrogens (tertiary/aromatic N) is 2. The van der Waals surface area contributed by atoms with Gasteiger partial charge in [0.05, 0.1) is 10.9 Å². The molecule has 1 atom stereocenters. The molecule has 0 spiro atoms. The lowest BCUT2D eigenvalue weighted by Crippen LogP contribution is -2.44. The number of hydrogen-bond donors (Lipinski definition) is 0. The van der Waals surface area contributed by atoms with Gasteiger partial charge < -0.3 is 0 Å². The topological polar surface area (TPSA) is 40.6 Å². The highest BCUT2D eigenvalue weighted by Crippen LogP contribution is 2.39. The fourth-order valence-electron chi connectivity index (χ4n) is 5.37. The quantitative estimate of drug-likeness (QED) is 0.274. The highest BCUT2D eigenvalue weighted by Gasteiger charge is 2.35. The molecule has 4 nitrogen and oxygen atoms in total. The van der Waals surface area contributed by atoms with Crippen LogP contribution in [0.4, 0.5) is 8.78 Å². The Morgan fingerprint density at radius 2 is 1.36 bits per heavy atom. The lowest BCUT2D eigenvalue weighted by molar-refractivity contribution is 0.166. The molecule has 3 aromatic rings. The summed E-state index contributed by atoms with van der Waals surface area (Å²) >= 11 is 6.16. The van der Waals surface area contributed by atoms with E-state index >= 15 is 0 Å². The normalized spacial score (nSPS) is 15.2. The molecular weight excluding hydrogens is 538 g/mol. The second kappa shape index (κ2) is 11.9. The molecule has 1 saturated heterocycles. The van der Waals surface area contributed by atoms with Crippen molar-refractivity contribution in [2.75, 3.05) is 19.3 Å². The van der Waals surface area contributed by atoms with Gasteiger partial charge in [0.15, 0.2) is 9.84 Å². The molecule has 8 heteroatoms. The van der Waals surface area contributed by atoms with Crippen molar-refractivity contribution in [2.45, 2.75) is 52.4 Å². The number of hydrogen-bond acceptors (Lipinski definition) is 4. The Labute approximate surface area is 235 Å². The highest BCUT2D eigenvalue weighted by molar-refractivity contribution is 8.00. The van der Waals surface area contributed by atoms with E-state index in [2.05, 4.69) is 61.8 Å². The SMILES string of the molecule is CC(C)N(Cc1ccc([C@@H](c2ccc(Cl)cc2)N2CC(=C(c3cc(F)cc(F)c3)S(C)(=O)=O)C2)cc1)C(C)C. The molecular formula is C31H35ClF2N2O2S. The Balaban J connectivity index is 1.67. The Morgan fingerprint density at radius 3 is 1.82 bits per heavy atom. The average Bonchev–Trinajstić information content (AvgIpc) is 2.81. The minimum absolute atomic E-state index is 0.00943. The van der Waals surface area contributed by atoms with Gasteiger partial charge in [-0.3, -0.25) is 9.80 Å². The third-order valence-corrected chi connectivity index (χ3v) is 8.66. The van der Waals surface area contributed by atoms with Gasteiger partial charge in [0.1, 0.15) is 11.6 Å². The van der Waals surface area contributed by atoms with Crippen LogP contribution in [0.3, 0.4) is 0 Å². The molecule has 0 bridgehead atoms. The second-order valence-corrected chi connectivity index (χ2v) is 13.2. The number of benzene rings is 3. The first-order valence-electron chi connectivity index (χ1n) is 13.1. The molecule has 0 N–H and O–H groups in total. The standard InChI is InChI=1S/C31H35ClF2N2O2S/c1-20(2)36(21(3)4)17-22-6-8-23(9-7-22)30(24-10-12-27(32)13-11-24)35-18-26(19-35)31(39(5,37)38)25-14-28(33)16-29(34)15-25/h6-16,20-21,30H,17-19H2,1-5H3/t30-/m0/s1. The molecule has 0 aromatic heterocycles. The van der Waals surface area contributed by atoms with E-state index in [-0.39, 0.29) is 16.5 Å². The Kier molecular flexibility index (Phi) is 8.96. The van der Waals surface area contributed by atoms with E-state index in [9.17, 15) is 17.2 Å². The summed E-state index contributed by atoms with van der Waals surface area (Å²) in [5.41, 5.74) is 3.97. The van der Waals surface area contributed by atoms with Gasteiger partial charge in [-0.25, -0.2) is 17.2 Å². The molecule has 1 aliphatic heterocycles. The first-order chi connectivity index (χ1) is 18.3. The van der Waals surface area contributed by atoms with E-state index in [0.717, 1.165) is 42.1 Å². The smallest absolute Gasteiger partial charge is 0.176 e. The van der Waals surface area contributed by atoms with Gasteiger partial charge in [-0.15, -0.1) is 0 Å². The van der Waals surface area contributed by atoms with Crippen molar-refractivity contribution in [1.29, 1.82) is 0 Å². The van der Waals surface area contributed by atoms with Crippen molar-refractivity contribution in [3.8, 4) is 0 Å². The van der Waals surface area contributed by atoms with Crippen LogP contribution in [0.25, 0.3) is 4.91 Å². The lowest BCUT2D eigenvalue weighted by atomic mass is 9.91. The van der Waals surface area contributed by atoms with Gasteiger partial charge in [-0.1, -0.05) is 48.0 Å². The average molecular weight is 573 g/mol. The first kappa shape index (κ1) is 29.4. The van der Waals surface area contributed by atoms with Gasteiger partial charge in [-0.05, 0) is 79.8 Å². The summed E-state index contributed by atoms with van der Waals surface area (Å²) in [5, 5.41) is 0.631. The maximum Gasteiger partial charge on any atom is 0.176 e. The van der Waals surface area contributed by atoms with Crippen LogP contribution in [0.2, 0.25) is 5.02 Å².